The number of likely N-dealkylation sites (tertiary alicyclic amines) is 1. The van der Waals surface area contributed by atoms with Crippen LogP contribution in [0.2, 0.25) is 0 Å². The third-order valence-corrected chi connectivity index (χ3v) is 3.54. The molecule has 5 nitrogen and oxygen atoms in total. The molecule has 1 rings (SSSR count). The Morgan fingerprint density at radius 3 is 2.79 bits per heavy atom. The summed E-state index contributed by atoms with van der Waals surface area (Å²) in [6.45, 7) is 4.78. The molecule has 0 radical (unpaired) electrons. The molecular formula is C14H22N2O3. The minimum Gasteiger partial charge on any atom is -0.480 e. The largest absolute Gasteiger partial charge is 0.480 e. The van der Waals surface area contributed by atoms with Gasteiger partial charge in [-0.2, -0.15) is 0 Å². The van der Waals surface area contributed by atoms with E-state index in [1.807, 2.05) is 0 Å². The van der Waals surface area contributed by atoms with E-state index in [1.165, 1.54) is 4.90 Å². The molecule has 1 fully saturated rings. The number of rotatable bonds is 4. The third-order valence-electron chi connectivity index (χ3n) is 3.54. The van der Waals surface area contributed by atoms with Crippen molar-refractivity contribution in [2.75, 3.05) is 13.1 Å². The van der Waals surface area contributed by atoms with E-state index in [0.29, 0.717) is 31.8 Å². The van der Waals surface area contributed by atoms with Gasteiger partial charge in [-0.3, -0.25) is 0 Å². The summed E-state index contributed by atoms with van der Waals surface area (Å²) in [5.41, 5.74) is 0. The fourth-order valence-electron chi connectivity index (χ4n) is 2.34. The highest BCUT2D eigenvalue weighted by atomic mass is 16.4. The fraction of sp³-hybridized carbons (Fsp3) is 0.714. The van der Waals surface area contributed by atoms with Crippen molar-refractivity contribution in [1.29, 1.82) is 0 Å². The standard InChI is InChI=1S/C14H22N2O3/c1-3-5-6-8-15-14(19)16-9-7-11(4-2)10-12(16)13(17)18/h11-12H,4,6-10H2,1-2H3,(H,15,19)(H,17,18). The van der Waals surface area contributed by atoms with Crippen LogP contribution in [-0.4, -0.2) is 41.1 Å². The number of hydrogen-bond acceptors (Lipinski definition) is 2. The van der Waals surface area contributed by atoms with Gasteiger partial charge in [-0.05, 0) is 25.7 Å². The smallest absolute Gasteiger partial charge is 0.326 e. The summed E-state index contributed by atoms with van der Waals surface area (Å²) in [7, 11) is 0. The number of amides is 2. The molecule has 1 aliphatic rings. The first-order chi connectivity index (χ1) is 9.10. The van der Waals surface area contributed by atoms with E-state index >= 15 is 0 Å². The molecule has 19 heavy (non-hydrogen) atoms. The number of nitrogens with one attached hydrogen (secondary N) is 1. The summed E-state index contributed by atoms with van der Waals surface area (Å²) < 4.78 is 0. The van der Waals surface area contributed by atoms with Gasteiger partial charge in [-0.15, -0.1) is 11.8 Å². The van der Waals surface area contributed by atoms with E-state index in [9.17, 15) is 14.7 Å². The quantitative estimate of drug-likeness (QED) is 0.601. The summed E-state index contributed by atoms with van der Waals surface area (Å²) in [5, 5.41) is 12.0. The van der Waals surface area contributed by atoms with E-state index < -0.39 is 12.0 Å². The highest BCUT2D eigenvalue weighted by Crippen LogP contribution is 2.25. The SMILES string of the molecule is CC#CCCNC(=O)N1CCC(CC)CC1C(=O)O. The van der Waals surface area contributed by atoms with Crippen LogP contribution in [0.3, 0.4) is 0 Å². The van der Waals surface area contributed by atoms with Crippen LogP contribution in [0.1, 0.15) is 39.5 Å². The van der Waals surface area contributed by atoms with Crippen LogP contribution in [0.25, 0.3) is 0 Å². The van der Waals surface area contributed by atoms with Gasteiger partial charge in [0.15, 0.2) is 0 Å². The van der Waals surface area contributed by atoms with E-state index in [1.54, 1.807) is 6.92 Å². The molecule has 2 unspecified atom stereocenters. The Morgan fingerprint density at radius 2 is 2.21 bits per heavy atom. The average molecular weight is 266 g/mol. The van der Waals surface area contributed by atoms with Gasteiger partial charge in [0.25, 0.3) is 0 Å². The second-order valence-electron chi connectivity index (χ2n) is 4.75. The molecule has 0 aromatic carbocycles. The van der Waals surface area contributed by atoms with Gasteiger partial charge in [-0.1, -0.05) is 13.3 Å². The lowest BCUT2D eigenvalue weighted by Crippen LogP contribution is -2.53. The first-order valence-electron chi connectivity index (χ1n) is 6.77. The predicted octanol–water partition coefficient (Wildman–Crippen LogP) is 1.68. The van der Waals surface area contributed by atoms with Crippen molar-refractivity contribution in [2.24, 2.45) is 5.92 Å². The molecule has 2 amide bonds. The molecule has 0 spiro atoms. The number of nitrogens with zero attached hydrogens (tertiary/aromatic N) is 1. The van der Waals surface area contributed by atoms with E-state index in [-0.39, 0.29) is 6.03 Å². The summed E-state index contributed by atoms with van der Waals surface area (Å²) in [5.74, 6) is 5.09. The van der Waals surface area contributed by atoms with Crippen LogP contribution in [0.4, 0.5) is 4.79 Å². The molecule has 0 aliphatic carbocycles. The molecule has 5 heteroatoms. The van der Waals surface area contributed by atoms with Crippen LogP contribution in [0, 0.1) is 17.8 Å². The summed E-state index contributed by atoms with van der Waals surface area (Å²) >= 11 is 0. The van der Waals surface area contributed by atoms with Crippen LogP contribution in [-0.2, 0) is 4.79 Å². The number of carbonyl (C=O) groups is 2. The van der Waals surface area contributed by atoms with Crippen molar-refractivity contribution in [3.63, 3.8) is 0 Å². The van der Waals surface area contributed by atoms with Crippen LogP contribution < -0.4 is 5.32 Å². The molecular weight excluding hydrogens is 244 g/mol. The number of hydrogen-bond donors (Lipinski definition) is 2. The molecule has 2 N–H and O–H groups in total. The van der Waals surface area contributed by atoms with Crippen molar-refractivity contribution in [3.05, 3.63) is 0 Å². The first-order valence-corrected chi connectivity index (χ1v) is 6.77. The maximum Gasteiger partial charge on any atom is 0.326 e. The van der Waals surface area contributed by atoms with Crippen molar-refractivity contribution in [2.45, 2.75) is 45.6 Å². The zero-order chi connectivity index (χ0) is 14.3. The number of carbonyl (C=O) groups excluding carboxylic acids is 1. The number of urea groups is 1. The molecule has 2 atom stereocenters. The monoisotopic (exact) mass is 266 g/mol. The third kappa shape index (κ3) is 4.47. The predicted molar refractivity (Wildman–Crippen MR) is 72.6 cm³/mol. The Kier molecular flexibility index (Phi) is 6.20. The molecule has 1 saturated heterocycles. The van der Waals surface area contributed by atoms with Crippen LogP contribution in [0.15, 0.2) is 0 Å². The maximum atomic E-state index is 12.0. The summed E-state index contributed by atoms with van der Waals surface area (Å²) in [6.07, 6.45) is 2.98. The summed E-state index contributed by atoms with van der Waals surface area (Å²) in [6, 6.07) is -0.990. The molecule has 0 bridgehead atoms. The lowest BCUT2D eigenvalue weighted by Gasteiger charge is -2.36. The molecule has 0 saturated carbocycles. The summed E-state index contributed by atoms with van der Waals surface area (Å²) in [4.78, 5) is 24.7. The van der Waals surface area contributed by atoms with Gasteiger partial charge in [0.1, 0.15) is 6.04 Å². The lowest BCUT2D eigenvalue weighted by atomic mass is 9.89. The van der Waals surface area contributed by atoms with Gasteiger partial charge in [0.05, 0.1) is 0 Å². The molecule has 0 aromatic heterocycles. The van der Waals surface area contributed by atoms with Crippen LogP contribution in [0.5, 0.6) is 0 Å². The van der Waals surface area contributed by atoms with Crippen molar-refractivity contribution < 1.29 is 14.7 Å². The zero-order valence-corrected chi connectivity index (χ0v) is 11.6. The zero-order valence-electron chi connectivity index (χ0n) is 11.6. The van der Waals surface area contributed by atoms with Crippen molar-refractivity contribution in [1.82, 2.24) is 10.2 Å². The van der Waals surface area contributed by atoms with Gasteiger partial charge < -0.3 is 15.3 Å². The second-order valence-corrected chi connectivity index (χ2v) is 4.75. The maximum absolute atomic E-state index is 12.0. The molecule has 1 heterocycles. The highest BCUT2D eigenvalue weighted by molar-refractivity contribution is 5.82. The second kappa shape index (κ2) is 7.67. The Morgan fingerprint density at radius 1 is 1.47 bits per heavy atom. The molecule has 0 aromatic rings. The van der Waals surface area contributed by atoms with E-state index in [2.05, 4.69) is 24.1 Å². The van der Waals surface area contributed by atoms with Crippen LogP contribution >= 0.6 is 0 Å². The Balaban J connectivity index is 2.55. The van der Waals surface area contributed by atoms with Gasteiger partial charge in [-0.25, -0.2) is 9.59 Å². The number of carboxylic acid groups (broad SMARTS) is 1. The van der Waals surface area contributed by atoms with Gasteiger partial charge in [0.2, 0.25) is 0 Å². The fourth-order valence-corrected chi connectivity index (χ4v) is 2.34. The minimum absolute atomic E-state index is 0.292. The topological polar surface area (TPSA) is 69.6 Å². The van der Waals surface area contributed by atoms with E-state index in [0.717, 1.165) is 12.8 Å². The number of carboxylic acids is 1. The molecule has 1 aliphatic heterocycles. The Labute approximate surface area is 114 Å². The first kappa shape index (κ1) is 15.4. The number of aliphatic carboxylic acids is 1. The van der Waals surface area contributed by atoms with Crippen molar-refractivity contribution in [3.8, 4) is 11.8 Å². The van der Waals surface area contributed by atoms with E-state index in [4.69, 9.17) is 0 Å². The van der Waals surface area contributed by atoms with Crippen molar-refractivity contribution >= 4 is 12.0 Å². The highest BCUT2D eigenvalue weighted by Gasteiger charge is 2.35. The normalized spacial score (nSPS) is 22.3. The Bertz CT molecular complexity index is 384. The van der Waals surface area contributed by atoms with Gasteiger partial charge in [0, 0.05) is 19.5 Å². The average Bonchev–Trinajstić information content (AvgIpc) is 2.42. The Hall–Kier alpha value is -1.70. The van der Waals surface area contributed by atoms with Gasteiger partial charge >= 0.3 is 12.0 Å². The molecule has 106 valence electrons. The lowest BCUT2D eigenvalue weighted by molar-refractivity contribution is -0.144. The number of piperidine rings is 1. The minimum atomic E-state index is -0.915.